The molecular weight excluding hydrogens is 454 g/mol. The Labute approximate surface area is 211 Å². The Kier molecular flexibility index (Phi) is 6.62. The monoisotopic (exact) mass is 489 g/mol. The van der Waals surface area contributed by atoms with E-state index in [0.717, 1.165) is 47.8 Å². The van der Waals surface area contributed by atoms with Crippen molar-refractivity contribution >= 4 is 34.2 Å². The lowest BCUT2D eigenvalue weighted by molar-refractivity contribution is 0.0678. The average Bonchev–Trinajstić information content (AvgIpc) is 3.40. The lowest BCUT2D eigenvalue weighted by atomic mass is 9.92. The van der Waals surface area contributed by atoms with Gasteiger partial charge in [-0.1, -0.05) is 12.1 Å². The summed E-state index contributed by atoms with van der Waals surface area (Å²) in [6, 6.07) is 13.6. The summed E-state index contributed by atoms with van der Waals surface area (Å²) < 4.78 is 2.32. The Bertz CT molecular complexity index is 1280. The highest BCUT2D eigenvalue weighted by atomic mass is 16.3. The molecule has 190 valence electrons. The van der Waals surface area contributed by atoms with Gasteiger partial charge in [-0.05, 0) is 76.3 Å². The lowest BCUT2D eigenvalue weighted by Gasteiger charge is -2.30. The number of benzene rings is 2. The number of nitrogens with zero attached hydrogens (tertiary/aromatic N) is 2. The highest BCUT2D eigenvalue weighted by Crippen LogP contribution is 2.44. The third-order valence-electron chi connectivity index (χ3n) is 7.41. The number of anilines is 2. The summed E-state index contributed by atoms with van der Waals surface area (Å²) in [5.41, 5.74) is 11.7. The van der Waals surface area contributed by atoms with Gasteiger partial charge < -0.3 is 30.9 Å². The van der Waals surface area contributed by atoms with Gasteiger partial charge in [0.1, 0.15) is 0 Å². The molecule has 5 rings (SSSR count). The number of rotatable bonds is 6. The van der Waals surface area contributed by atoms with E-state index in [9.17, 15) is 14.7 Å². The maximum atomic E-state index is 13.3. The molecule has 1 aliphatic heterocycles. The van der Waals surface area contributed by atoms with Crippen LogP contribution in [0, 0.1) is 0 Å². The quantitative estimate of drug-likeness (QED) is 0.400. The van der Waals surface area contributed by atoms with Gasteiger partial charge >= 0.3 is 6.03 Å². The minimum absolute atomic E-state index is 0.0116. The standard InChI is InChI=1S/C28H35N5O3/c1-17(2)30-28(36)31-20-11-8-18(9-12-20)26-25(29)23-15-19(27(35)32-14-4-7-22(32)16-34)10-13-24(23)33(26)21-5-3-6-21/h8-13,15,17,21-22,34H,3-7,14,16,29H2,1-2H3,(H2,30,31,36)/t22-/m1/s1. The summed E-state index contributed by atoms with van der Waals surface area (Å²) in [6.45, 7) is 4.49. The summed E-state index contributed by atoms with van der Waals surface area (Å²) in [5, 5.41) is 16.2. The van der Waals surface area contributed by atoms with Gasteiger partial charge in [-0.2, -0.15) is 0 Å². The molecule has 1 atom stereocenters. The van der Waals surface area contributed by atoms with Crippen LogP contribution in [0.3, 0.4) is 0 Å². The van der Waals surface area contributed by atoms with Crippen LogP contribution >= 0.6 is 0 Å². The first-order valence-electron chi connectivity index (χ1n) is 12.9. The first-order chi connectivity index (χ1) is 17.4. The zero-order valence-electron chi connectivity index (χ0n) is 21.0. The number of fused-ring (bicyclic) bond motifs is 1. The fourth-order valence-corrected chi connectivity index (χ4v) is 5.39. The molecule has 3 aromatic rings. The second-order valence-electron chi connectivity index (χ2n) is 10.3. The molecule has 0 bridgehead atoms. The lowest BCUT2D eigenvalue weighted by Crippen LogP contribution is -2.37. The van der Waals surface area contributed by atoms with Crippen molar-refractivity contribution in [1.82, 2.24) is 14.8 Å². The molecule has 2 aromatic carbocycles. The van der Waals surface area contributed by atoms with E-state index in [4.69, 9.17) is 5.73 Å². The van der Waals surface area contributed by atoms with E-state index in [1.165, 1.54) is 6.42 Å². The number of aromatic nitrogens is 1. The SMILES string of the molecule is CC(C)NC(=O)Nc1ccc(-c2c(N)c3cc(C(=O)N4CCC[C@@H]4CO)ccc3n2C2CCC2)cc1. The first-order valence-corrected chi connectivity index (χ1v) is 12.9. The van der Waals surface area contributed by atoms with Crippen LogP contribution in [0.15, 0.2) is 42.5 Å². The molecule has 8 nitrogen and oxygen atoms in total. The van der Waals surface area contributed by atoms with Crippen molar-refractivity contribution in [3.8, 4) is 11.3 Å². The van der Waals surface area contributed by atoms with Crippen LogP contribution in [-0.4, -0.2) is 51.7 Å². The zero-order valence-corrected chi connectivity index (χ0v) is 21.0. The van der Waals surface area contributed by atoms with E-state index in [2.05, 4.69) is 15.2 Å². The number of likely N-dealkylation sites (tertiary alicyclic amines) is 1. The van der Waals surface area contributed by atoms with Gasteiger partial charge in [-0.15, -0.1) is 0 Å². The number of aliphatic hydroxyl groups excluding tert-OH is 1. The van der Waals surface area contributed by atoms with Crippen LogP contribution in [0.5, 0.6) is 0 Å². The molecule has 3 amide bonds. The molecule has 0 spiro atoms. The molecule has 0 unspecified atom stereocenters. The van der Waals surface area contributed by atoms with Gasteiger partial charge in [0.2, 0.25) is 0 Å². The third kappa shape index (κ3) is 4.41. The van der Waals surface area contributed by atoms with Crippen molar-refractivity contribution in [2.45, 2.75) is 64.1 Å². The Morgan fingerprint density at radius 1 is 1.08 bits per heavy atom. The molecular formula is C28H35N5O3. The molecule has 1 saturated carbocycles. The third-order valence-corrected chi connectivity index (χ3v) is 7.41. The number of aliphatic hydroxyl groups is 1. The second kappa shape index (κ2) is 9.85. The molecule has 1 aliphatic carbocycles. The van der Waals surface area contributed by atoms with E-state index in [0.29, 0.717) is 29.5 Å². The molecule has 1 saturated heterocycles. The minimum atomic E-state index is -0.237. The summed E-state index contributed by atoms with van der Waals surface area (Å²) in [4.78, 5) is 27.1. The number of carbonyl (C=O) groups is 2. The molecule has 36 heavy (non-hydrogen) atoms. The number of urea groups is 1. The summed E-state index contributed by atoms with van der Waals surface area (Å²) in [5.74, 6) is -0.0547. The number of nitrogens with one attached hydrogen (secondary N) is 2. The van der Waals surface area contributed by atoms with Gasteiger partial charge in [0.15, 0.2) is 0 Å². The first kappa shape index (κ1) is 24.2. The Morgan fingerprint density at radius 3 is 2.47 bits per heavy atom. The Morgan fingerprint density at radius 2 is 1.83 bits per heavy atom. The van der Waals surface area contributed by atoms with Crippen LogP contribution in [0.2, 0.25) is 0 Å². The van der Waals surface area contributed by atoms with Crippen molar-refractivity contribution in [3.05, 3.63) is 48.0 Å². The normalized spacial score (nSPS) is 18.0. The average molecular weight is 490 g/mol. The molecule has 2 aliphatic rings. The highest BCUT2D eigenvalue weighted by Gasteiger charge is 2.31. The second-order valence-corrected chi connectivity index (χ2v) is 10.3. The molecule has 8 heteroatoms. The Hall–Kier alpha value is -3.52. The number of hydrogen-bond acceptors (Lipinski definition) is 4. The van der Waals surface area contributed by atoms with Crippen molar-refractivity contribution in [3.63, 3.8) is 0 Å². The molecule has 1 aromatic heterocycles. The van der Waals surface area contributed by atoms with Gasteiger partial charge in [-0.25, -0.2) is 4.79 Å². The zero-order chi connectivity index (χ0) is 25.4. The fraction of sp³-hybridized carbons (Fsp3) is 0.429. The van der Waals surface area contributed by atoms with Crippen LogP contribution in [0.1, 0.15) is 62.4 Å². The van der Waals surface area contributed by atoms with Crippen molar-refractivity contribution in [2.24, 2.45) is 0 Å². The van der Waals surface area contributed by atoms with E-state index < -0.39 is 0 Å². The van der Waals surface area contributed by atoms with Gasteiger partial charge in [-0.3, -0.25) is 4.79 Å². The number of carbonyl (C=O) groups excluding carboxylic acids is 2. The van der Waals surface area contributed by atoms with Gasteiger partial charge in [0.25, 0.3) is 5.91 Å². The van der Waals surface area contributed by atoms with Crippen LogP contribution in [0.4, 0.5) is 16.2 Å². The highest BCUT2D eigenvalue weighted by molar-refractivity contribution is 6.06. The molecule has 2 fully saturated rings. The molecule has 2 heterocycles. The summed E-state index contributed by atoms with van der Waals surface area (Å²) in [7, 11) is 0. The predicted octanol–water partition coefficient (Wildman–Crippen LogP) is 4.74. The summed E-state index contributed by atoms with van der Waals surface area (Å²) in [6.07, 6.45) is 5.12. The predicted molar refractivity (Wildman–Crippen MR) is 143 cm³/mol. The van der Waals surface area contributed by atoms with E-state index >= 15 is 0 Å². The maximum Gasteiger partial charge on any atom is 0.319 e. The largest absolute Gasteiger partial charge is 0.396 e. The van der Waals surface area contributed by atoms with Gasteiger partial charge in [0.05, 0.1) is 29.5 Å². The number of hydrogen-bond donors (Lipinski definition) is 4. The van der Waals surface area contributed by atoms with Crippen molar-refractivity contribution < 1.29 is 14.7 Å². The smallest absolute Gasteiger partial charge is 0.319 e. The van der Waals surface area contributed by atoms with Crippen molar-refractivity contribution in [1.29, 1.82) is 0 Å². The topological polar surface area (TPSA) is 113 Å². The summed E-state index contributed by atoms with van der Waals surface area (Å²) >= 11 is 0. The number of amides is 3. The number of nitrogens with two attached hydrogens (primary N) is 1. The van der Waals surface area contributed by atoms with Crippen molar-refractivity contribution in [2.75, 3.05) is 24.2 Å². The minimum Gasteiger partial charge on any atom is -0.396 e. The maximum absolute atomic E-state index is 13.3. The van der Waals surface area contributed by atoms with E-state index in [1.807, 2.05) is 56.3 Å². The van der Waals surface area contributed by atoms with Crippen LogP contribution in [-0.2, 0) is 0 Å². The fourth-order valence-electron chi connectivity index (χ4n) is 5.39. The molecule has 5 N–H and O–H groups in total. The van der Waals surface area contributed by atoms with Crippen LogP contribution < -0.4 is 16.4 Å². The van der Waals surface area contributed by atoms with E-state index in [1.54, 1.807) is 4.90 Å². The number of nitrogen functional groups attached to an aromatic ring is 1. The Balaban J connectivity index is 1.51. The van der Waals surface area contributed by atoms with E-state index in [-0.39, 0.29) is 30.6 Å². The molecule has 0 radical (unpaired) electrons. The van der Waals surface area contributed by atoms with Gasteiger partial charge in [0, 0.05) is 40.8 Å². The van der Waals surface area contributed by atoms with Crippen LogP contribution in [0.25, 0.3) is 22.2 Å².